The fourth-order valence-corrected chi connectivity index (χ4v) is 2.60. The quantitative estimate of drug-likeness (QED) is 0.268. The Labute approximate surface area is 160 Å². The van der Waals surface area contributed by atoms with Crippen LogP contribution in [0.3, 0.4) is 0 Å². The van der Waals surface area contributed by atoms with E-state index >= 15 is 0 Å². The molecule has 152 valence electrons. The Morgan fingerprint density at radius 2 is 1.21 bits per heavy atom. The third kappa shape index (κ3) is 4.03. The third-order valence-electron chi connectivity index (χ3n) is 4.33. The highest BCUT2D eigenvalue weighted by Crippen LogP contribution is 2.37. The molecule has 0 atom stereocenters. The van der Waals surface area contributed by atoms with Gasteiger partial charge in [-0.1, -0.05) is 47.6 Å². The molecule has 1 N–H and O–H groups in total. The lowest BCUT2D eigenvalue weighted by molar-refractivity contribution is 0.381. The van der Waals surface area contributed by atoms with Gasteiger partial charge in [-0.3, -0.25) is 0 Å². The first-order valence-corrected chi connectivity index (χ1v) is 8.59. The second kappa shape index (κ2) is 7.18. The lowest BCUT2D eigenvalue weighted by Crippen LogP contribution is -2.17. The molecular formula is C21H22F5NO. The highest BCUT2D eigenvalue weighted by atomic mass is 19.2. The van der Waals surface area contributed by atoms with E-state index in [1.807, 2.05) is 47.6 Å². The van der Waals surface area contributed by atoms with Gasteiger partial charge in [-0.2, -0.15) is 0 Å². The summed E-state index contributed by atoms with van der Waals surface area (Å²) in [7, 11) is 0. The Balaban J connectivity index is 2.71. The van der Waals surface area contributed by atoms with Crippen LogP contribution in [-0.2, 0) is 10.8 Å². The molecule has 2 nitrogen and oxygen atoms in total. The number of aliphatic imine (C=N–C) groups is 1. The van der Waals surface area contributed by atoms with E-state index in [2.05, 4.69) is 4.99 Å². The maximum atomic E-state index is 13.8. The van der Waals surface area contributed by atoms with Crippen molar-refractivity contribution in [2.24, 2.45) is 4.99 Å². The van der Waals surface area contributed by atoms with E-state index in [1.165, 1.54) is 0 Å². The van der Waals surface area contributed by atoms with Crippen LogP contribution in [-0.4, -0.2) is 11.3 Å². The fraction of sp³-hybridized carbons (Fsp3) is 0.381. The molecule has 0 aliphatic heterocycles. The van der Waals surface area contributed by atoms with Crippen molar-refractivity contribution in [3.8, 4) is 5.75 Å². The normalized spacial score (nSPS) is 12.8. The SMILES string of the molecule is CC(C)(C)c1cc(/C=N/c2c(F)c(F)c(F)c(F)c2F)c(O)c(C(C)(C)C)c1. The van der Waals surface area contributed by atoms with E-state index in [0.717, 1.165) is 11.8 Å². The average Bonchev–Trinajstić information content (AvgIpc) is 2.57. The van der Waals surface area contributed by atoms with E-state index in [9.17, 15) is 27.1 Å². The van der Waals surface area contributed by atoms with Crippen LogP contribution in [0, 0.1) is 29.1 Å². The molecule has 0 bridgehead atoms. The van der Waals surface area contributed by atoms with Crippen molar-refractivity contribution >= 4 is 11.9 Å². The van der Waals surface area contributed by atoms with Crippen molar-refractivity contribution in [1.29, 1.82) is 0 Å². The van der Waals surface area contributed by atoms with Gasteiger partial charge in [-0.15, -0.1) is 0 Å². The van der Waals surface area contributed by atoms with Crippen LogP contribution in [0.25, 0.3) is 0 Å². The number of hydrogen-bond acceptors (Lipinski definition) is 2. The van der Waals surface area contributed by atoms with Crippen LogP contribution >= 0.6 is 0 Å². The molecule has 0 saturated heterocycles. The van der Waals surface area contributed by atoms with Gasteiger partial charge in [0, 0.05) is 17.3 Å². The van der Waals surface area contributed by atoms with E-state index < -0.39 is 40.2 Å². The monoisotopic (exact) mass is 399 g/mol. The molecule has 0 aliphatic rings. The lowest BCUT2D eigenvalue weighted by atomic mass is 9.79. The maximum Gasteiger partial charge on any atom is 0.200 e. The average molecular weight is 399 g/mol. The van der Waals surface area contributed by atoms with Crippen molar-refractivity contribution in [2.75, 3.05) is 0 Å². The molecule has 2 aromatic carbocycles. The molecular weight excluding hydrogens is 377 g/mol. The molecule has 0 spiro atoms. The van der Waals surface area contributed by atoms with Crippen LogP contribution in [0.5, 0.6) is 5.75 Å². The zero-order valence-corrected chi connectivity index (χ0v) is 16.5. The minimum absolute atomic E-state index is 0.112. The Morgan fingerprint density at radius 3 is 1.64 bits per heavy atom. The molecule has 2 rings (SSSR count). The zero-order chi connectivity index (χ0) is 21.6. The number of benzene rings is 2. The lowest BCUT2D eigenvalue weighted by Gasteiger charge is -2.27. The number of hydrogen-bond donors (Lipinski definition) is 1. The Morgan fingerprint density at radius 1 is 0.750 bits per heavy atom. The van der Waals surface area contributed by atoms with Gasteiger partial charge in [0.2, 0.25) is 5.82 Å². The Bertz CT molecular complexity index is 924. The highest BCUT2D eigenvalue weighted by molar-refractivity contribution is 5.87. The van der Waals surface area contributed by atoms with Gasteiger partial charge in [0.15, 0.2) is 23.3 Å². The van der Waals surface area contributed by atoms with Gasteiger partial charge in [0.05, 0.1) is 0 Å². The standard InChI is InChI=1S/C21H22F5NO/c1-20(2,3)11-7-10(19(28)12(8-11)21(4,5)6)9-27-18-16(25)14(23)13(22)15(24)17(18)26/h7-9,28H,1-6H3/b27-9+. The van der Waals surface area contributed by atoms with E-state index in [1.54, 1.807) is 6.07 Å². The minimum atomic E-state index is -2.25. The summed E-state index contributed by atoms with van der Waals surface area (Å²) >= 11 is 0. The highest BCUT2D eigenvalue weighted by Gasteiger charge is 2.27. The number of aromatic hydroxyl groups is 1. The molecule has 0 radical (unpaired) electrons. The molecule has 0 unspecified atom stereocenters. The van der Waals surface area contributed by atoms with Gasteiger partial charge in [-0.25, -0.2) is 26.9 Å². The Kier molecular flexibility index (Phi) is 5.61. The van der Waals surface area contributed by atoms with Gasteiger partial charge >= 0.3 is 0 Å². The molecule has 28 heavy (non-hydrogen) atoms. The largest absolute Gasteiger partial charge is 0.507 e. The van der Waals surface area contributed by atoms with Crippen molar-refractivity contribution in [2.45, 2.75) is 52.4 Å². The van der Waals surface area contributed by atoms with Crippen LogP contribution in [0.1, 0.15) is 58.2 Å². The first kappa shape index (κ1) is 21.9. The minimum Gasteiger partial charge on any atom is -0.507 e. The summed E-state index contributed by atoms with van der Waals surface area (Å²) in [4.78, 5) is 3.46. The molecule has 0 aliphatic carbocycles. The summed E-state index contributed by atoms with van der Waals surface area (Å²) in [6.07, 6.45) is 0.901. The molecule has 0 aromatic heterocycles. The first-order valence-electron chi connectivity index (χ1n) is 8.59. The van der Waals surface area contributed by atoms with Crippen LogP contribution in [0.15, 0.2) is 17.1 Å². The molecule has 0 fully saturated rings. The van der Waals surface area contributed by atoms with Crippen molar-refractivity contribution in [1.82, 2.24) is 0 Å². The number of nitrogens with zero attached hydrogens (tertiary/aromatic N) is 1. The number of phenolic OH excluding ortho intramolecular Hbond substituents is 1. The van der Waals surface area contributed by atoms with Crippen molar-refractivity contribution in [3.05, 3.63) is 57.9 Å². The predicted octanol–water partition coefficient (Wildman–Crippen LogP) is 6.43. The molecule has 7 heteroatoms. The summed E-state index contributed by atoms with van der Waals surface area (Å²) in [6, 6.07) is 3.39. The second-order valence-electron chi connectivity index (χ2n) is 8.64. The molecule has 0 amide bonds. The smallest absolute Gasteiger partial charge is 0.200 e. The number of halogens is 5. The maximum absolute atomic E-state index is 13.8. The molecule has 0 saturated carbocycles. The summed E-state index contributed by atoms with van der Waals surface area (Å²) in [5, 5.41) is 10.6. The van der Waals surface area contributed by atoms with Gasteiger partial charge in [0.1, 0.15) is 11.4 Å². The van der Waals surface area contributed by atoms with Gasteiger partial charge in [-0.05, 0) is 22.5 Å². The summed E-state index contributed by atoms with van der Waals surface area (Å²) in [5.41, 5.74) is -0.595. The van der Waals surface area contributed by atoms with Gasteiger partial charge < -0.3 is 5.11 Å². The Hall–Kier alpha value is -2.44. The summed E-state index contributed by atoms with van der Waals surface area (Å²) < 4.78 is 67.6. The van der Waals surface area contributed by atoms with Crippen LogP contribution < -0.4 is 0 Å². The molecule has 2 aromatic rings. The van der Waals surface area contributed by atoms with Crippen molar-refractivity contribution in [3.63, 3.8) is 0 Å². The van der Waals surface area contributed by atoms with E-state index in [4.69, 9.17) is 0 Å². The number of rotatable bonds is 2. The predicted molar refractivity (Wildman–Crippen MR) is 99.0 cm³/mol. The van der Waals surface area contributed by atoms with Gasteiger partial charge in [0.25, 0.3) is 0 Å². The third-order valence-corrected chi connectivity index (χ3v) is 4.33. The topological polar surface area (TPSA) is 32.6 Å². The number of phenols is 1. The summed E-state index contributed by atoms with van der Waals surface area (Å²) in [5.74, 6) is -10.6. The first-order chi connectivity index (χ1) is 12.7. The van der Waals surface area contributed by atoms with Crippen LogP contribution in [0.4, 0.5) is 27.6 Å². The van der Waals surface area contributed by atoms with E-state index in [0.29, 0.717) is 5.56 Å². The zero-order valence-electron chi connectivity index (χ0n) is 16.5. The van der Waals surface area contributed by atoms with Crippen LogP contribution in [0.2, 0.25) is 0 Å². The second-order valence-corrected chi connectivity index (χ2v) is 8.64. The van der Waals surface area contributed by atoms with Crippen molar-refractivity contribution < 1.29 is 27.1 Å². The fourth-order valence-electron chi connectivity index (χ4n) is 2.60. The summed E-state index contributed by atoms with van der Waals surface area (Å²) in [6.45, 7) is 11.4. The van der Waals surface area contributed by atoms with E-state index in [-0.39, 0.29) is 16.7 Å². The molecule has 0 heterocycles.